The predicted octanol–water partition coefficient (Wildman–Crippen LogP) is 1.92. The van der Waals surface area contributed by atoms with E-state index < -0.39 is 23.9 Å². The fourth-order valence-corrected chi connectivity index (χ4v) is 2.21. The molecular weight excluding hydrogens is 360 g/mol. The van der Waals surface area contributed by atoms with Crippen LogP contribution in [0.15, 0.2) is 23.3 Å². The Hall–Kier alpha value is -1.78. The zero-order valence-corrected chi connectivity index (χ0v) is 17.2. The standard InChI is InChI=1S/C18H30O9/c1-9-25-15(19)11-13(3)17(21-5,22-6)27-18(23-7,24-8)14(4)12-16(20)26-10-2/h11-12H,9-10H2,1-8H3/b13-11+,14-12+. The number of hydrogen-bond acceptors (Lipinski definition) is 9. The average molecular weight is 390 g/mol. The molecule has 9 nitrogen and oxygen atoms in total. The first kappa shape index (κ1) is 25.2. The highest BCUT2D eigenvalue weighted by molar-refractivity contribution is 5.83. The summed E-state index contributed by atoms with van der Waals surface area (Å²) in [7, 11) is 5.25. The molecule has 156 valence electrons. The van der Waals surface area contributed by atoms with Gasteiger partial charge >= 0.3 is 23.9 Å². The second-order valence-corrected chi connectivity index (χ2v) is 5.19. The number of methoxy groups -OCH3 is 4. The fourth-order valence-electron chi connectivity index (χ4n) is 2.21. The summed E-state index contributed by atoms with van der Waals surface area (Å²) in [6.07, 6.45) is 2.33. The second-order valence-electron chi connectivity index (χ2n) is 5.19. The quantitative estimate of drug-likeness (QED) is 0.281. The van der Waals surface area contributed by atoms with Crippen LogP contribution in [0.25, 0.3) is 0 Å². The zero-order chi connectivity index (χ0) is 21.1. The minimum absolute atomic E-state index is 0.206. The molecule has 0 saturated heterocycles. The van der Waals surface area contributed by atoms with Crippen molar-refractivity contribution in [2.45, 2.75) is 39.6 Å². The molecule has 0 unspecified atom stereocenters. The molecule has 0 amide bonds. The summed E-state index contributed by atoms with van der Waals surface area (Å²) in [5, 5.41) is 0. The fraction of sp³-hybridized carbons (Fsp3) is 0.667. The number of hydrogen-bond donors (Lipinski definition) is 0. The van der Waals surface area contributed by atoms with Crippen molar-refractivity contribution < 1.29 is 42.7 Å². The minimum Gasteiger partial charge on any atom is -0.463 e. The van der Waals surface area contributed by atoms with Gasteiger partial charge in [-0.3, -0.25) is 4.74 Å². The first-order valence-corrected chi connectivity index (χ1v) is 8.32. The molecule has 0 heterocycles. The molecule has 0 atom stereocenters. The van der Waals surface area contributed by atoms with Crippen molar-refractivity contribution in [1.29, 1.82) is 0 Å². The van der Waals surface area contributed by atoms with Gasteiger partial charge in [0.05, 0.1) is 13.2 Å². The lowest BCUT2D eigenvalue weighted by Gasteiger charge is -2.40. The number of carbonyl (C=O) groups is 2. The highest BCUT2D eigenvalue weighted by Gasteiger charge is 2.47. The predicted molar refractivity (Wildman–Crippen MR) is 95.4 cm³/mol. The summed E-state index contributed by atoms with van der Waals surface area (Å²) in [6.45, 7) is 6.87. The molecule has 9 heteroatoms. The zero-order valence-electron chi connectivity index (χ0n) is 17.2. The number of carbonyl (C=O) groups excluding carboxylic acids is 2. The van der Waals surface area contributed by atoms with E-state index in [1.54, 1.807) is 27.7 Å². The van der Waals surface area contributed by atoms with Crippen molar-refractivity contribution in [2.75, 3.05) is 41.7 Å². The van der Waals surface area contributed by atoms with E-state index in [0.29, 0.717) is 0 Å². The van der Waals surface area contributed by atoms with Crippen molar-refractivity contribution in [1.82, 2.24) is 0 Å². The van der Waals surface area contributed by atoms with Gasteiger partial charge in [0.2, 0.25) is 0 Å². The van der Waals surface area contributed by atoms with E-state index in [1.165, 1.54) is 28.4 Å². The molecule has 0 aliphatic heterocycles. The Labute approximate surface area is 160 Å². The van der Waals surface area contributed by atoms with Gasteiger partial charge in [0, 0.05) is 51.7 Å². The Morgan fingerprint density at radius 2 is 1.00 bits per heavy atom. The molecule has 0 saturated carbocycles. The Morgan fingerprint density at radius 1 is 0.704 bits per heavy atom. The van der Waals surface area contributed by atoms with Crippen LogP contribution in [0.1, 0.15) is 27.7 Å². The van der Waals surface area contributed by atoms with E-state index >= 15 is 0 Å². The van der Waals surface area contributed by atoms with Crippen LogP contribution >= 0.6 is 0 Å². The van der Waals surface area contributed by atoms with Gasteiger partial charge in [-0.15, -0.1) is 0 Å². The second kappa shape index (κ2) is 11.8. The van der Waals surface area contributed by atoms with Gasteiger partial charge in [0.1, 0.15) is 0 Å². The molecule has 0 spiro atoms. The third-order valence-electron chi connectivity index (χ3n) is 3.55. The van der Waals surface area contributed by atoms with Crippen molar-refractivity contribution in [3.63, 3.8) is 0 Å². The molecule has 0 N–H and O–H groups in total. The van der Waals surface area contributed by atoms with Crippen molar-refractivity contribution in [3.8, 4) is 0 Å². The van der Waals surface area contributed by atoms with Gasteiger partial charge in [-0.05, 0) is 27.7 Å². The molecule has 0 aliphatic carbocycles. The van der Waals surface area contributed by atoms with E-state index in [-0.39, 0.29) is 24.4 Å². The first-order valence-electron chi connectivity index (χ1n) is 8.32. The third kappa shape index (κ3) is 6.71. The third-order valence-corrected chi connectivity index (χ3v) is 3.55. The molecule has 27 heavy (non-hydrogen) atoms. The van der Waals surface area contributed by atoms with E-state index in [4.69, 9.17) is 33.2 Å². The Kier molecular flexibility index (Phi) is 11.1. The molecule has 0 fully saturated rings. The number of rotatable bonds is 12. The van der Waals surface area contributed by atoms with Crippen LogP contribution < -0.4 is 0 Å². The number of esters is 2. The van der Waals surface area contributed by atoms with Crippen LogP contribution in [-0.2, 0) is 42.7 Å². The van der Waals surface area contributed by atoms with Crippen molar-refractivity contribution in [2.24, 2.45) is 0 Å². The average Bonchev–Trinajstić information content (AvgIpc) is 2.63. The minimum atomic E-state index is -1.86. The first-order chi connectivity index (χ1) is 12.7. The number of ether oxygens (including phenoxy) is 7. The SMILES string of the molecule is CCOC(=O)/C=C(\C)C(OC)(OC)OC(OC)(OC)/C(C)=C/C(=O)OCC. The van der Waals surface area contributed by atoms with E-state index in [2.05, 4.69) is 0 Å². The maximum absolute atomic E-state index is 11.8. The topological polar surface area (TPSA) is 98.8 Å². The van der Waals surface area contributed by atoms with E-state index in [0.717, 1.165) is 12.2 Å². The molecule has 0 aromatic rings. The van der Waals surface area contributed by atoms with Crippen molar-refractivity contribution in [3.05, 3.63) is 23.3 Å². The van der Waals surface area contributed by atoms with Gasteiger partial charge in [0.25, 0.3) is 0 Å². The van der Waals surface area contributed by atoms with Crippen LogP contribution in [0.2, 0.25) is 0 Å². The monoisotopic (exact) mass is 390 g/mol. The molecule has 0 aromatic carbocycles. The highest BCUT2D eigenvalue weighted by atomic mass is 17.0. The molecule has 0 rings (SSSR count). The highest BCUT2D eigenvalue weighted by Crippen LogP contribution is 2.34. The Bertz CT molecular complexity index is 495. The largest absolute Gasteiger partial charge is 0.463 e. The molecule has 0 aromatic heterocycles. The summed E-state index contributed by atoms with van der Waals surface area (Å²) < 4.78 is 37.1. The lowest BCUT2D eigenvalue weighted by atomic mass is 10.2. The molecule has 0 bridgehead atoms. The molecular formula is C18H30O9. The van der Waals surface area contributed by atoms with Gasteiger partial charge < -0.3 is 28.4 Å². The Morgan fingerprint density at radius 3 is 1.22 bits per heavy atom. The van der Waals surface area contributed by atoms with E-state index in [1.807, 2.05) is 0 Å². The lowest BCUT2D eigenvalue weighted by Crippen LogP contribution is -2.51. The van der Waals surface area contributed by atoms with Crippen LogP contribution in [0.4, 0.5) is 0 Å². The normalized spacial score (nSPS) is 13.5. The van der Waals surface area contributed by atoms with Crippen LogP contribution in [0, 0.1) is 0 Å². The van der Waals surface area contributed by atoms with Crippen molar-refractivity contribution >= 4 is 11.9 Å². The van der Waals surface area contributed by atoms with Gasteiger partial charge in [-0.1, -0.05) is 0 Å². The maximum atomic E-state index is 11.8. The van der Waals surface area contributed by atoms with Crippen LogP contribution in [0.3, 0.4) is 0 Å². The van der Waals surface area contributed by atoms with Crippen LogP contribution in [-0.4, -0.2) is 65.5 Å². The maximum Gasteiger partial charge on any atom is 0.330 e. The summed E-state index contributed by atoms with van der Waals surface area (Å²) in [5.74, 6) is -4.92. The smallest absolute Gasteiger partial charge is 0.330 e. The summed E-state index contributed by atoms with van der Waals surface area (Å²) >= 11 is 0. The molecule has 0 radical (unpaired) electrons. The summed E-state index contributed by atoms with van der Waals surface area (Å²) in [5.41, 5.74) is 0.460. The summed E-state index contributed by atoms with van der Waals surface area (Å²) in [6, 6.07) is 0. The van der Waals surface area contributed by atoms with Gasteiger partial charge in [-0.25, -0.2) is 9.59 Å². The van der Waals surface area contributed by atoms with Crippen LogP contribution in [0.5, 0.6) is 0 Å². The molecule has 0 aliphatic rings. The summed E-state index contributed by atoms with van der Waals surface area (Å²) in [4.78, 5) is 23.6. The van der Waals surface area contributed by atoms with Gasteiger partial charge in [0.15, 0.2) is 0 Å². The Balaban J connectivity index is 6.00. The van der Waals surface area contributed by atoms with E-state index in [9.17, 15) is 9.59 Å². The van der Waals surface area contributed by atoms with Gasteiger partial charge in [-0.2, -0.15) is 0 Å². The lowest BCUT2D eigenvalue weighted by molar-refractivity contribution is -0.461.